The van der Waals surface area contributed by atoms with Crippen molar-refractivity contribution in [3.63, 3.8) is 0 Å². The average molecular weight is 546 g/mol. The zero-order chi connectivity index (χ0) is 21.3. The Morgan fingerprint density at radius 2 is 1.87 bits per heavy atom. The van der Waals surface area contributed by atoms with Gasteiger partial charge in [-0.05, 0) is 48.7 Å². The molecule has 0 saturated carbocycles. The number of anilines is 1. The lowest BCUT2D eigenvalue weighted by Gasteiger charge is -2.31. The van der Waals surface area contributed by atoms with Crippen LogP contribution in [0.3, 0.4) is 0 Å². The summed E-state index contributed by atoms with van der Waals surface area (Å²) in [5.74, 6) is 0. The Hall–Kier alpha value is -1.12. The number of hydrogen-bond donors (Lipinski definition) is 0. The fourth-order valence-corrected chi connectivity index (χ4v) is 7.03. The average Bonchev–Trinajstić information content (AvgIpc) is 3.18. The molecule has 1 fully saturated rings. The maximum absolute atomic E-state index is 13.0. The molecule has 0 aliphatic carbocycles. The van der Waals surface area contributed by atoms with Crippen LogP contribution in [0.15, 0.2) is 57.2 Å². The third kappa shape index (κ3) is 4.86. The first-order valence-corrected chi connectivity index (χ1v) is 13.4. The highest BCUT2D eigenvalue weighted by Gasteiger charge is 2.32. The van der Waals surface area contributed by atoms with Crippen LogP contribution in [-0.2, 0) is 16.3 Å². The Balaban J connectivity index is 1.41. The molecule has 2 aromatic carbocycles. The molecule has 0 unspecified atom stereocenters. The monoisotopic (exact) mass is 544 g/mol. The summed E-state index contributed by atoms with van der Waals surface area (Å²) in [7, 11) is -3.44. The van der Waals surface area contributed by atoms with Crippen molar-refractivity contribution in [3.8, 4) is 0 Å². The normalized spacial score (nSPS) is 15.5. The van der Waals surface area contributed by atoms with E-state index in [-0.39, 0.29) is 9.92 Å². The van der Waals surface area contributed by atoms with E-state index in [0.29, 0.717) is 31.0 Å². The van der Waals surface area contributed by atoms with Crippen molar-refractivity contribution in [2.75, 3.05) is 18.0 Å². The summed E-state index contributed by atoms with van der Waals surface area (Å²) in [5.41, 5.74) is 2.23. The van der Waals surface area contributed by atoms with Crippen LogP contribution in [0.2, 0.25) is 10.0 Å². The lowest BCUT2D eigenvalue weighted by molar-refractivity contribution is 0.529. The smallest absolute Gasteiger partial charge is 0.185 e. The molecule has 9 heteroatoms. The lowest BCUT2D eigenvalue weighted by Crippen LogP contribution is -2.39. The predicted octanol–water partition coefficient (Wildman–Crippen LogP) is 6.25. The topological polar surface area (TPSA) is 50.3 Å². The SMILES string of the molecule is O=S(=O)(c1ccc(Cl)c(Cl)c1)C1CCN(c2nc(Cc3cccc(Br)c3)cs2)CC1. The zero-order valence-corrected chi connectivity index (χ0v) is 20.6. The molecule has 1 aromatic heterocycles. The molecule has 1 saturated heterocycles. The van der Waals surface area contributed by atoms with Crippen molar-refractivity contribution in [1.82, 2.24) is 4.98 Å². The minimum Gasteiger partial charge on any atom is -0.348 e. The summed E-state index contributed by atoms with van der Waals surface area (Å²) in [6.07, 6.45) is 1.89. The highest BCUT2D eigenvalue weighted by Crippen LogP contribution is 2.32. The van der Waals surface area contributed by atoms with E-state index in [0.717, 1.165) is 21.7 Å². The van der Waals surface area contributed by atoms with Crippen LogP contribution < -0.4 is 4.90 Å². The number of rotatable bonds is 5. The second-order valence-corrected chi connectivity index (χ2v) is 12.0. The van der Waals surface area contributed by atoms with Gasteiger partial charge in [-0.1, -0.05) is 51.3 Å². The number of piperidine rings is 1. The van der Waals surface area contributed by atoms with Crippen molar-refractivity contribution in [3.05, 3.63) is 73.6 Å². The van der Waals surface area contributed by atoms with Crippen LogP contribution in [0.1, 0.15) is 24.1 Å². The van der Waals surface area contributed by atoms with Gasteiger partial charge in [-0.15, -0.1) is 11.3 Å². The van der Waals surface area contributed by atoms with Crippen molar-refractivity contribution < 1.29 is 8.42 Å². The van der Waals surface area contributed by atoms with Crippen LogP contribution in [0.4, 0.5) is 5.13 Å². The van der Waals surface area contributed by atoms with E-state index in [9.17, 15) is 8.42 Å². The standard InChI is InChI=1S/C21H19BrCl2N2O2S2/c22-15-3-1-2-14(10-15)11-16-13-29-21(25-16)26-8-6-17(7-9-26)30(27,28)18-4-5-19(23)20(24)12-18/h1-5,10,12-13,17H,6-9,11H2. The highest BCUT2D eigenvalue weighted by atomic mass is 79.9. The molecule has 0 amide bonds. The van der Waals surface area contributed by atoms with E-state index >= 15 is 0 Å². The van der Waals surface area contributed by atoms with E-state index in [4.69, 9.17) is 28.2 Å². The Morgan fingerprint density at radius 1 is 1.10 bits per heavy atom. The van der Waals surface area contributed by atoms with Gasteiger partial charge in [-0.2, -0.15) is 0 Å². The molecule has 0 spiro atoms. The quantitative estimate of drug-likeness (QED) is 0.380. The van der Waals surface area contributed by atoms with Gasteiger partial charge >= 0.3 is 0 Å². The first-order chi connectivity index (χ1) is 14.3. The predicted molar refractivity (Wildman–Crippen MR) is 128 cm³/mol. The Bertz CT molecular complexity index is 1160. The van der Waals surface area contributed by atoms with Gasteiger partial charge in [0.2, 0.25) is 0 Å². The van der Waals surface area contributed by atoms with Gasteiger partial charge in [0, 0.05) is 29.4 Å². The molecule has 4 nitrogen and oxygen atoms in total. The van der Waals surface area contributed by atoms with E-state index in [1.807, 2.05) is 12.1 Å². The van der Waals surface area contributed by atoms with Crippen molar-refractivity contribution in [1.29, 1.82) is 0 Å². The molecule has 0 N–H and O–H groups in total. The van der Waals surface area contributed by atoms with E-state index in [1.54, 1.807) is 11.3 Å². The van der Waals surface area contributed by atoms with Gasteiger partial charge in [-0.3, -0.25) is 0 Å². The van der Waals surface area contributed by atoms with E-state index < -0.39 is 15.1 Å². The molecule has 1 aliphatic heterocycles. The number of halogens is 3. The van der Waals surface area contributed by atoms with Gasteiger partial charge in [0.1, 0.15) is 0 Å². The van der Waals surface area contributed by atoms with Gasteiger partial charge in [-0.25, -0.2) is 13.4 Å². The number of benzene rings is 2. The summed E-state index contributed by atoms with van der Waals surface area (Å²) in [5, 5.41) is 3.22. The van der Waals surface area contributed by atoms with Gasteiger partial charge in [0.15, 0.2) is 15.0 Å². The van der Waals surface area contributed by atoms with Gasteiger partial charge in [0.05, 0.1) is 25.9 Å². The maximum Gasteiger partial charge on any atom is 0.185 e. The number of aromatic nitrogens is 1. The first kappa shape index (κ1) is 22.1. The van der Waals surface area contributed by atoms with E-state index in [2.05, 4.69) is 38.3 Å². The molecule has 1 aliphatic rings. The molecule has 3 aromatic rings. The summed E-state index contributed by atoms with van der Waals surface area (Å²) >= 11 is 17.0. The fourth-order valence-electron chi connectivity index (χ4n) is 3.58. The maximum atomic E-state index is 13.0. The Kier molecular flexibility index (Phi) is 6.75. The van der Waals surface area contributed by atoms with Crippen molar-refractivity contribution in [2.24, 2.45) is 0 Å². The van der Waals surface area contributed by atoms with Crippen LogP contribution in [0, 0.1) is 0 Å². The fraction of sp³-hybridized carbons (Fsp3) is 0.286. The molecule has 4 rings (SSSR count). The lowest BCUT2D eigenvalue weighted by atomic mass is 10.1. The first-order valence-electron chi connectivity index (χ1n) is 9.45. The molecule has 0 atom stereocenters. The van der Waals surface area contributed by atoms with E-state index in [1.165, 1.54) is 23.8 Å². The minimum absolute atomic E-state index is 0.237. The summed E-state index contributed by atoms with van der Waals surface area (Å²) in [6.45, 7) is 1.32. The minimum atomic E-state index is -3.44. The third-order valence-electron chi connectivity index (χ3n) is 5.18. The molecule has 0 radical (unpaired) electrons. The molecule has 30 heavy (non-hydrogen) atoms. The Morgan fingerprint density at radius 3 is 2.57 bits per heavy atom. The second-order valence-electron chi connectivity index (χ2n) is 7.24. The van der Waals surface area contributed by atoms with Crippen LogP contribution >= 0.6 is 50.5 Å². The highest BCUT2D eigenvalue weighted by molar-refractivity contribution is 9.10. The number of sulfone groups is 1. The summed E-state index contributed by atoms with van der Waals surface area (Å²) in [6, 6.07) is 12.7. The number of nitrogens with zero attached hydrogens (tertiary/aromatic N) is 2. The van der Waals surface area contributed by atoms with Crippen LogP contribution in [0.5, 0.6) is 0 Å². The Labute approximate surface area is 198 Å². The van der Waals surface area contributed by atoms with Crippen LogP contribution in [-0.4, -0.2) is 31.7 Å². The van der Waals surface area contributed by atoms with Gasteiger partial charge < -0.3 is 4.90 Å². The molecular weight excluding hydrogens is 527 g/mol. The molecule has 0 bridgehead atoms. The van der Waals surface area contributed by atoms with Gasteiger partial charge in [0.25, 0.3) is 0 Å². The molecule has 158 valence electrons. The van der Waals surface area contributed by atoms with Crippen molar-refractivity contribution >= 4 is 65.4 Å². The summed E-state index contributed by atoms with van der Waals surface area (Å²) < 4.78 is 27.0. The second kappa shape index (κ2) is 9.17. The zero-order valence-electron chi connectivity index (χ0n) is 15.9. The summed E-state index contributed by atoms with van der Waals surface area (Å²) in [4.78, 5) is 7.19. The third-order valence-corrected chi connectivity index (χ3v) is 9.63. The number of thiazole rings is 1. The van der Waals surface area contributed by atoms with Crippen molar-refractivity contribution in [2.45, 2.75) is 29.4 Å². The number of hydrogen-bond acceptors (Lipinski definition) is 5. The molecular formula is C21H19BrCl2N2O2S2. The largest absolute Gasteiger partial charge is 0.348 e. The van der Waals surface area contributed by atoms with Crippen LogP contribution in [0.25, 0.3) is 0 Å². The molecule has 2 heterocycles.